The molecule has 0 aromatic heterocycles. The van der Waals surface area contributed by atoms with Crippen LogP contribution in [-0.4, -0.2) is 43.6 Å². The maximum absolute atomic E-state index is 12.4. The van der Waals surface area contributed by atoms with Gasteiger partial charge in [0.15, 0.2) is 6.10 Å². The molecule has 4 heteroatoms. The topological polar surface area (TPSA) is 41.6 Å². The molecule has 110 valence electrons. The maximum atomic E-state index is 12.4. The molecule has 1 atom stereocenters. The molecule has 1 heterocycles. The van der Waals surface area contributed by atoms with Crippen molar-refractivity contribution in [2.45, 2.75) is 25.9 Å². The summed E-state index contributed by atoms with van der Waals surface area (Å²) in [6.45, 7) is 4.55. The third-order valence-electron chi connectivity index (χ3n) is 3.82. The molecule has 1 unspecified atom stereocenters. The molecule has 1 N–H and O–H groups in total. The third-order valence-corrected chi connectivity index (χ3v) is 3.82. The van der Waals surface area contributed by atoms with Gasteiger partial charge in [-0.3, -0.25) is 4.79 Å². The first-order chi connectivity index (χ1) is 9.70. The number of benzene rings is 1. The third kappa shape index (κ3) is 3.97. The lowest BCUT2D eigenvalue weighted by molar-refractivity contribution is -0.139. The Balaban J connectivity index is 1.82. The van der Waals surface area contributed by atoms with E-state index in [1.807, 2.05) is 49.2 Å². The van der Waals surface area contributed by atoms with Crippen LogP contribution in [0.2, 0.25) is 0 Å². The first-order valence-corrected chi connectivity index (χ1v) is 7.36. The molecule has 0 radical (unpaired) electrons. The second kappa shape index (κ2) is 7.29. The van der Waals surface area contributed by atoms with E-state index in [1.54, 1.807) is 0 Å². The van der Waals surface area contributed by atoms with E-state index in [-0.39, 0.29) is 5.91 Å². The largest absolute Gasteiger partial charge is 0.481 e. The highest BCUT2D eigenvalue weighted by Gasteiger charge is 2.26. The zero-order valence-electron chi connectivity index (χ0n) is 12.3. The van der Waals surface area contributed by atoms with Crippen LogP contribution in [0.4, 0.5) is 0 Å². The molecule has 1 aromatic rings. The van der Waals surface area contributed by atoms with Gasteiger partial charge in [-0.1, -0.05) is 18.2 Å². The number of ether oxygens (including phenoxy) is 1. The van der Waals surface area contributed by atoms with Gasteiger partial charge < -0.3 is 15.0 Å². The number of carbonyl (C=O) groups is 1. The predicted octanol–water partition coefficient (Wildman–Crippen LogP) is 1.91. The molecule has 20 heavy (non-hydrogen) atoms. The van der Waals surface area contributed by atoms with E-state index in [0.29, 0.717) is 5.92 Å². The van der Waals surface area contributed by atoms with Crippen LogP contribution < -0.4 is 10.1 Å². The maximum Gasteiger partial charge on any atom is 0.263 e. The summed E-state index contributed by atoms with van der Waals surface area (Å²) in [7, 11) is 1.98. The Bertz CT molecular complexity index is 414. The van der Waals surface area contributed by atoms with Gasteiger partial charge in [-0.2, -0.15) is 0 Å². The molecule has 1 amide bonds. The molecule has 0 saturated carbocycles. The molecular weight excluding hydrogens is 252 g/mol. The Hall–Kier alpha value is -1.55. The number of para-hydroxylation sites is 1. The van der Waals surface area contributed by atoms with Crippen molar-refractivity contribution in [3.05, 3.63) is 30.3 Å². The fourth-order valence-corrected chi connectivity index (χ4v) is 2.66. The second-order valence-electron chi connectivity index (χ2n) is 5.40. The van der Waals surface area contributed by atoms with Crippen LogP contribution in [0, 0.1) is 5.92 Å². The average Bonchev–Trinajstić information content (AvgIpc) is 2.48. The summed E-state index contributed by atoms with van der Waals surface area (Å²) in [5.74, 6) is 1.53. The minimum atomic E-state index is -0.418. The summed E-state index contributed by atoms with van der Waals surface area (Å²) in [4.78, 5) is 14.3. The summed E-state index contributed by atoms with van der Waals surface area (Å²) in [6.07, 6.45) is 1.73. The zero-order chi connectivity index (χ0) is 14.4. The Morgan fingerprint density at radius 1 is 1.35 bits per heavy atom. The Kier molecular flexibility index (Phi) is 5.41. The van der Waals surface area contributed by atoms with Gasteiger partial charge >= 0.3 is 0 Å². The summed E-state index contributed by atoms with van der Waals surface area (Å²) in [5.41, 5.74) is 0. The average molecular weight is 276 g/mol. The van der Waals surface area contributed by atoms with Crippen molar-refractivity contribution in [1.82, 2.24) is 10.2 Å². The van der Waals surface area contributed by atoms with E-state index in [4.69, 9.17) is 4.74 Å². The molecule has 0 aliphatic carbocycles. The van der Waals surface area contributed by atoms with E-state index in [2.05, 4.69) is 5.32 Å². The molecule has 1 fully saturated rings. The van der Waals surface area contributed by atoms with Gasteiger partial charge in [-0.05, 0) is 51.4 Å². The van der Waals surface area contributed by atoms with E-state index >= 15 is 0 Å². The van der Waals surface area contributed by atoms with Gasteiger partial charge in [0.2, 0.25) is 0 Å². The number of likely N-dealkylation sites (tertiary alicyclic amines) is 1. The Morgan fingerprint density at radius 2 is 2.00 bits per heavy atom. The number of rotatable bonds is 5. The molecule has 1 saturated heterocycles. The molecule has 0 spiro atoms. The summed E-state index contributed by atoms with van der Waals surface area (Å²) in [6, 6.07) is 9.52. The van der Waals surface area contributed by atoms with Crippen LogP contribution in [-0.2, 0) is 4.79 Å². The molecule has 2 rings (SSSR count). The van der Waals surface area contributed by atoms with E-state index in [9.17, 15) is 4.79 Å². The quantitative estimate of drug-likeness (QED) is 0.893. The highest BCUT2D eigenvalue weighted by molar-refractivity contribution is 5.81. The van der Waals surface area contributed by atoms with Crippen molar-refractivity contribution < 1.29 is 9.53 Å². The second-order valence-corrected chi connectivity index (χ2v) is 5.40. The van der Waals surface area contributed by atoms with E-state index < -0.39 is 6.10 Å². The van der Waals surface area contributed by atoms with Crippen LogP contribution in [0.5, 0.6) is 5.75 Å². The molecule has 4 nitrogen and oxygen atoms in total. The number of hydrogen-bond acceptors (Lipinski definition) is 3. The van der Waals surface area contributed by atoms with Crippen molar-refractivity contribution in [2.75, 3.05) is 26.7 Å². The molecule has 0 bridgehead atoms. The minimum absolute atomic E-state index is 0.0942. The smallest absolute Gasteiger partial charge is 0.263 e. The first-order valence-electron chi connectivity index (χ1n) is 7.36. The number of amides is 1. The fraction of sp³-hybridized carbons (Fsp3) is 0.562. The number of nitrogens with zero attached hydrogens (tertiary/aromatic N) is 1. The van der Waals surface area contributed by atoms with Gasteiger partial charge in [0.25, 0.3) is 5.91 Å². The van der Waals surface area contributed by atoms with Crippen molar-refractivity contribution in [3.8, 4) is 5.75 Å². The number of nitrogens with one attached hydrogen (secondary N) is 1. The van der Waals surface area contributed by atoms with Gasteiger partial charge in [0, 0.05) is 13.1 Å². The summed E-state index contributed by atoms with van der Waals surface area (Å²) < 4.78 is 5.70. The first kappa shape index (κ1) is 14.9. The standard InChI is InChI=1S/C16H24N2O2/c1-13(20-15-6-4-3-5-7-15)16(19)18-10-8-14(9-11-18)12-17-2/h3-7,13-14,17H,8-12H2,1-2H3. The molecule has 1 aromatic carbocycles. The van der Waals surface area contributed by atoms with Crippen LogP contribution >= 0.6 is 0 Å². The SMILES string of the molecule is CNCC1CCN(C(=O)C(C)Oc2ccccc2)CC1. The molecule has 1 aliphatic heterocycles. The van der Waals surface area contributed by atoms with E-state index in [1.165, 1.54) is 0 Å². The van der Waals surface area contributed by atoms with Crippen LogP contribution in [0.15, 0.2) is 30.3 Å². The number of piperidine rings is 1. The Labute approximate surface area is 121 Å². The van der Waals surface area contributed by atoms with Crippen molar-refractivity contribution in [1.29, 1.82) is 0 Å². The zero-order valence-corrected chi connectivity index (χ0v) is 12.3. The lowest BCUT2D eigenvalue weighted by atomic mass is 9.96. The predicted molar refractivity (Wildman–Crippen MR) is 79.8 cm³/mol. The summed E-state index contributed by atoms with van der Waals surface area (Å²) >= 11 is 0. The number of hydrogen-bond donors (Lipinski definition) is 1. The van der Waals surface area contributed by atoms with Gasteiger partial charge in [-0.15, -0.1) is 0 Å². The van der Waals surface area contributed by atoms with Crippen LogP contribution in [0.3, 0.4) is 0 Å². The van der Waals surface area contributed by atoms with Gasteiger partial charge in [0.05, 0.1) is 0 Å². The highest BCUT2D eigenvalue weighted by atomic mass is 16.5. The summed E-state index contributed by atoms with van der Waals surface area (Å²) in [5, 5.41) is 3.21. The van der Waals surface area contributed by atoms with Crippen molar-refractivity contribution in [2.24, 2.45) is 5.92 Å². The van der Waals surface area contributed by atoms with Crippen LogP contribution in [0.1, 0.15) is 19.8 Å². The van der Waals surface area contributed by atoms with Gasteiger partial charge in [-0.25, -0.2) is 0 Å². The van der Waals surface area contributed by atoms with Crippen molar-refractivity contribution >= 4 is 5.91 Å². The molecule has 1 aliphatic rings. The fourth-order valence-electron chi connectivity index (χ4n) is 2.66. The number of carbonyl (C=O) groups excluding carboxylic acids is 1. The van der Waals surface area contributed by atoms with Crippen molar-refractivity contribution in [3.63, 3.8) is 0 Å². The van der Waals surface area contributed by atoms with E-state index in [0.717, 1.165) is 38.2 Å². The Morgan fingerprint density at radius 3 is 2.60 bits per heavy atom. The van der Waals surface area contributed by atoms with Gasteiger partial charge in [0.1, 0.15) is 5.75 Å². The normalized spacial score (nSPS) is 17.8. The lowest BCUT2D eigenvalue weighted by Gasteiger charge is -2.33. The lowest BCUT2D eigenvalue weighted by Crippen LogP contribution is -2.45. The molecular formula is C16H24N2O2. The monoisotopic (exact) mass is 276 g/mol. The van der Waals surface area contributed by atoms with Crippen LogP contribution in [0.25, 0.3) is 0 Å². The minimum Gasteiger partial charge on any atom is -0.481 e. The highest BCUT2D eigenvalue weighted by Crippen LogP contribution is 2.18.